The Morgan fingerprint density at radius 2 is 2.29 bits per heavy atom. The summed E-state index contributed by atoms with van der Waals surface area (Å²) in [6, 6.07) is -0.625. The van der Waals surface area contributed by atoms with Gasteiger partial charge in [-0.2, -0.15) is 4.31 Å². The Kier molecular flexibility index (Phi) is 3.46. The normalized spacial score (nSPS) is 24.7. The van der Waals surface area contributed by atoms with Gasteiger partial charge in [0.25, 0.3) is 0 Å². The molecule has 1 fully saturated rings. The van der Waals surface area contributed by atoms with Crippen molar-refractivity contribution in [2.75, 3.05) is 25.4 Å². The number of hydrogen-bond donors (Lipinski definition) is 2. The van der Waals surface area contributed by atoms with Gasteiger partial charge in [0.15, 0.2) is 0 Å². The number of sulfonamides is 1. The highest BCUT2D eigenvalue weighted by molar-refractivity contribution is 7.89. The molecule has 7 heteroatoms. The minimum absolute atomic E-state index is 0.0766. The SMILES string of the molecule is CC1C(=O)NCCN1S(=O)(=O)CCN. The van der Waals surface area contributed by atoms with Gasteiger partial charge in [-0.1, -0.05) is 0 Å². The van der Waals surface area contributed by atoms with Gasteiger partial charge < -0.3 is 11.1 Å². The third-order valence-corrected chi connectivity index (χ3v) is 4.14. The van der Waals surface area contributed by atoms with Crippen molar-refractivity contribution in [1.29, 1.82) is 0 Å². The maximum atomic E-state index is 11.6. The second kappa shape index (κ2) is 4.24. The molecule has 1 amide bonds. The van der Waals surface area contributed by atoms with Crippen LogP contribution in [-0.4, -0.2) is 50.1 Å². The molecule has 0 saturated carbocycles. The first kappa shape index (κ1) is 11.4. The summed E-state index contributed by atoms with van der Waals surface area (Å²) in [5.74, 6) is -0.359. The molecule has 0 aliphatic carbocycles. The Labute approximate surface area is 83.5 Å². The van der Waals surface area contributed by atoms with E-state index >= 15 is 0 Å². The number of carbonyl (C=O) groups is 1. The molecule has 1 unspecified atom stereocenters. The molecule has 0 spiro atoms. The molecular weight excluding hydrogens is 206 g/mol. The summed E-state index contributed by atoms with van der Waals surface area (Å²) < 4.78 is 24.4. The number of amides is 1. The lowest BCUT2D eigenvalue weighted by Gasteiger charge is -2.31. The van der Waals surface area contributed by atoms with E-state index in [4.69, 9.17) is 5.73 Å². The second-order valence-corrected chi connectivity index (χ2v) is 5.22. The van der Waals surface area contributed by atoms with E-state index in [2.05, 4.69) is 5.32 Å². The van der Waals surface area contributed by atoms with Crippen LogP contribution in [0.1, 0.15) is 6.92 Å². The molecule has 82 valence electrons. The maximum absolute atomic E-state index is 11.6. The first-order chi connectivity index (χ1) is 6.49. The van der Waals surface area contributed by atoms with Crippen molar-refractivity contribution in [3.05, 3.63) is 0 Å². The molecule has 0 radical (unpaired) electrons. The van der Waals surface area contributed by atoms with E-state index < -0.39 is 16.1 Å². The number of hydrogen-bond acceptors (Lipinski definition) is 4. The average Bonchev–Trinajstić information content (AvgIpc) is 2.09. The fraction of sp³-hybridized carbons (Fsp3) is 0.857. The van der Waals surface area contributed by atoms with Gasteiger partial charge in [0.1, 0.15) is 6.04 Å². The fourth-order valence-corrected chi connectivity index (χ4v) is 2.89. The second-order valence-electron chi connectivity index (χ2n) is 3.18. The van der Waals surface area contributed by atoms with Gasteiger partial charge in [-0.3, -0.25) is 4.79 Å². The molecule has 0 bridgehead atoms. The molecule has 0 aromatic heterocycles. The Balaban J connectivity index is 2.81. The zero-order valence-electron chi connectivity index (χ0n) is 8.06. The summed E-state index contributed by atoms with van der Waals surface area (Å²) in [5.41, 5.74) is 5.20. The zero-order chi connectivity index (χ0) is 10.8. The topological polar surface area (TPSA) is 92.5 Å². The summed E-state index contributed by atoms with van der Waals surface area (Å²) in [4.78, 5) is 11.2. The van der Waals surface area contributed by atoms with Gasteiger partial charge in [0, 0.05) is 19.6 Å². The molecule has 3 N–H and O–H groups in total. The maximum Gasteiger partial charge on any atom is 0.238 e. The molecule has 0 aromatic carbocycles. The Hall–Kier alpha value is -0.660. The third kappa shape index (κ3) is 2.23. The largest absolute Gasteiger partial charge is 0.353 e. The van der Waals surface area contributed by atoms with Crippen molar-refractivity contribution in [1.82, 2.24) is 9.62 Å². The number of rotatable bonds is 3. The van der Waals surface area contributed by atoms with Crippen LogP contribution >= 0.6 is 0 Å². The van der Waals surface area contributed by atoms with Gasteiger partial charge in [0.05, 0.1) is 5.75 Å². The molecule has 1 rings (SSSR count). The van der Waals surface area contributed by atoms with Gasteiger partial charge >= 0.3 is 0 Å². The highest BCUT2D eigenvalue weighted by Gasteiger charge is 2.33. The summed E-state index contributed by atoms with van der Waals surface area (Å²) in [6.45, 7) is 2.35. The van der Waals surface area contributed by atoms with Crippen molar-refractivity contribution in [2.45, 2.75) is 13.0 Å². The highest BCUT2D eigenvalue weighted by Crippen LogP contribution is 2.10. The minimum atomic E-state index is -3.37. The van der Waals surface area contributed by atoms with Crippen LogP contribution in [-0.2, 0) is 14.8 Å². The standard InChI is InChI=1S/C7H15N3O3S/c1-6-7(11)9-3-4-10(6)14(12,13)5-2-8/h6H,2-5,8H2,1H3,(H,9,11). The molecule has 14 heavy (non-hydrogen) atoms. The van der Waals surface area contributed by atoms with Crippen LogP contribution in [0, 0.1) is 0 Å². The summed E-state index contributed by atoms with van der Waals surface area (Å²) >= 11 is 0. The van der Waals surface area contributed by atoms with Crippen molar-refractivity contribution >= 4 is 15.9 Å². The van der Waals surface area contributed by atoms with Gasteiger partial charge in [-0.05, 0) is 6.92 Å². The third-order valence-electron chi connectivity index (χ3n) is 2.18. The predicted octanol–water partition coefficient (Wildman–Crippen LogP) is -1.90. The number of nitrogens with two attached hydrogens (primary N) is 1. The molecule has 1 atom stereocenters. The van der Waals surface area contributed by atoms with Crippen LogP contribution in [0.15, 0.2) is 0 Å². The Morgan fingerprint density at radius 3 is 2.86 bits per heavy atom. The molecule has 6 nitrogen and oxygen atoms in total. The van der Waals surface area contributed by atoms with E-state index in [1.54, 1.807) is 6.92 Å². The van der Waals surface area contributed by atoms with Crippen LogP contribution < -0.4 is 11.1 Å². The molecule has 1 heterocycles. The van der Waals surface area contributed by atoms with Crippen molar-refractivity contribution < 1.29 is 13.2 Å². The smallest absolute Gasteiger partial charge is 0.238 e. The lowest BCUT2D eigenvalue weighted by Crippen LogP contribution is -2.56. The first-order valence-corrected chi connectivity index (χ1v) is 6.07. The zero-order valence-corrected chi connectivity index (χ0v) is 8.88. The van der Waals surface area contributed by atoms with Crippen LogP contribution in [0.3, 0.4) is 0 Å². The molecule has 0 aromatic rings. The van der Waals surface area contributed by atoms with Crippen molar-refractivity contribution in [2.24, 2.45) is 5.73 Å². The lowest BCUT2D eigenvalue weighted by atomic mass is 10.2. The van der Waals surface area contributed by atoms with Gasteiger partial charge in [-0.15, -0.1) is 0 Å². The van der Waals surface area contributed by atoms with E-state index in [0.717, 1.165) is 0 Å². The monoisotopic (exact) mass is 221 g/mol. The number of nitrogens with zero attached hydrogens (tertiary/aromatic N) is 1. The molecule has 1 aliphatic rings. The average molecular weight is 221 g/mol. The van der Waals surface area contributed by atoms with E-state index in [-0.39, 0.29) is 18.2 Å². The molecule has 1 aliphatic heterocycles. The van der Waals surface area contributed by atoms with Crippen molar-refractivity contribution in [3.8, 4) is 0 Å². The van der Waals surface area contributed by atoms with Crippen LogP contribution in [0.2, 0.25) is 0 Å². The molecule has 1 saturated heterocycles. The Bertz CT molecular complexity index is 314. The summed E-state index contributed by atoms with van der Waals surface area (Å²) in [6.07, 6.45) is 0. The van der Waals surface area contributed by atoms with Crippen molar-refractivity contribution in [3.63, 3.8) is 0 Å². The quantitative estimate of drug-likeness (QED) is 0.582. The Morgan fingerprint density at radius 1 is 1.64 bits per heavy atom. The molecular formula is C7H15N3O3S. The highest BCUT2D eigenvalue weighted by atomic mass is 32.2. The van der Waals surface area contributed by atoms with E-state index in [1.807, 2.05) is 0 Å². The van der Waals surface area contributed by atoms with Gasteiger partial charge in [-0.25, -0.2) is 8.42 Å². The summed E-state index contributed by atoms with van der Waals surface area (Å²) in [5, 5.41) is 2.60. The van der Waals surface area contributed by atoms with E-state index in [9.17, 15) is 13.2 Å². The number of piperazine rings is 1. The van der Waals surface area contributed by atoms with Crippen LogP contribution in [0.25, 0.3) is 0 Å². The first-order valence-electron chi connectivity index (χ1n) is 4.46. The predicted molar refractivity (Wildman–Crippen MR) is 52.0 cm³/mol. The van der Waals surface area contributed by atoms with Gasteiger partial charge in [0.2, 0.25) is 15.9 Å². The number of nitrogens with one attached hydrogen (secondary N) is 1. The number of carbonyl (C=O) groups excluding carboxylic acids is 1. The minimum Gasteiger partial charge on any atom is -0.353 e. The van der Waals surface area contributed by atoms with Crippen LogP contribution in [0.4, 0.5) is 0 Å². The fourth-order valence-electron chi connectivity index (χ4n) is 1.41. The van der Waals surface area contributed by atoms with E-state index in [0.29, 0.717) is 13.1 Å². The van der Waals surface area contributed by atoms with E-state index in [1.165, 1.54) is 4.31 Å². The summed E-state index contributed by atoms with van der Waals surface area (Å²) in [7, 11) is -3.37. The van der Waals surface area contributed by atoms with Crippen LogP contribution in [0.5, 0.6) is 0 Å². The lowest BCUT2D eigenvalue weighted by molar-refractivity contribution is -0.126.